The average Bonchev–Trinajstić information content (AvgIpc) is 2.78. The number of urea groups is 1. The summed E-state index contributed by atoms with van der Waals surface area (Å²) >= 11 is 0. The number of carboxylic acid groups (broad SMARTS) is 1. The van der Waals surface area contributed by atoms with E-state index in [1.54, 1.807) is 0 Å². The third kappa shape index (κ3) is 4.51. The molecule has 0 saturated carbocycles. The highest BCUT2D eigenvalue weighted by molar-refractivity contribution is 5.82. The SMILES string of the molecule is NCCNC(=O)NC(Cc1cnc[nH]1)C(=O)O. The molecule has 17 heavy (non-hydrogen) atoms. The van der Waals surface area contributed by atoms with E-state index >= 15 is 0 Å². The topological polar surface area (TPSA) is 133 Å². The summed E-state index contributed by atoms with van der Waals surface area (Å²) in [6.45, 7) is 0.591. The number of carbonyl (C=O) groups is 2. The summed E-state index contributed by atoms with van der Waals surface area (Å²) in [5.41, 5.74) is 5.84. The van der Waals surface area contributed by atoms with Gasteiger partial charge in [0.05, 0.1) is 6.33 Å². The van der Waals surface area contributed by atoms with Crippen molar-refractivity contribution >= 4 is 12.0 Å². The summed E-state index contributed by atoms with van der Waals surface area (Å²) in [6.07, 6.45) is 3.10. The molecule has 1 heterocycles. The van der Waals surface area contributed by atoms with Crippen LogP contribution in [-0.2, 0) is 11.2 Å². The molecule has 1 atom stereocenters. The van der Waals surface area contributed by atoms with Gasteiger partial charge in [0.2, 0.25) is 0 Å². The van der Waals surface area contributed by atoms with E-state index < -0.39 is 18.0 Å². The van der Waals surface area contributed by atoms with E-state index in [1.807, 2.05) is 0 Å². The Bertz CT molecular complexity index is 365. The lowest BCUT2D eigenvalue weighted by atomic mass is 10.2. The van der Waals surface area contributed by atoms with Gasteiger partial charge in [-0.05, 0) is 0 Å². The van der Waals surface area contributed by atoms with Crippen LogP contribution in [0.1, 0.15) is 5.69 Å². The molecule has 0 aliphatic rings. The zero-order chi connectivity index (χ0) is 12.7. The first kappa shape index (κ1) is 13.0. The monoisotopic (exact) mass is 241 g/mol. The minimum absolute atomic E-state index is 0.144. The standard InChI is InChI=1S/C9H15N5O3/c10-1-2-12-9(17)14-7(8(15)16)3-6-4-11-5-13-6/h4-5,7H,1-3,10H2,(H,11,13)(H,15,16)(H2,12,14,17). The van der Waals surface area contributed by atoms with Gasteiger partial charge in [-0.2, -0.15) is 0 Å². The van der Waals surface area contributed by atoms with Gasteiger partial charge in [0.15, 0.2) is 0 Å². The van der Waals surface area contributed by atoms with Gasteiger partial charge in [0.1, 0.15) is 6.04 Å². The van der Waals surface area contributed by atoms with E-state index in [2.05, 4.69) is 20.6 Å². The highest BCUT2D eigenvalue weighted by atomic mass is 16.4. The lowest BCUT2D eigenvalue weighted by molar-refractivity contribution is -0.139. The Morgan fingerprint density at radius 3 is 2.88 bits per heavy atom. The van der Waals surface area contributed by atoms with Crippen LogP contribution in [0.25, 0.3) is 0 Å². The van der Waals surface area contributed by atoms with E-state index in [4.69, 9.17) is 10.8 Å². The van der Waals surface area contributed by atoms with Crippen molar-refractivity contribution in [3.63, 3.8) is 0 Å². The van der Waals surface area contributed by atoms with Gasteiger partial charge in [0.25, 0.3) is 0 Å². The Kier molecular flexibility index (Phi) is 4.95. The predicted octanol–water partition coefficient (Wildman–Crippen LogP) is -1.34. The van der Waals surface area contributed by atoms with E-state index in [-0.39, 0.29) is 6.42 Å². The fourth-order valence-corrected chi connectivity index (χ4v) is 1.21. The molecular weight excluding hydrogens is 226 g/mol. The Balaban J connectivity index is 2.49. The molecule has 1 rings (SSSR count). The highest BCUT2D eigenvalue weighted by Gasteiger charge is 2.20. The number of imidazole rings is 1. The predicted molar refractivity (Wildman–Crippen MR) is 59.3 cm³/mol. The third-order valence-electron chi connectivity index (χ3n) is 2.01. The van der Waals surface area contributed by atoms with Gasteiger partial charge in [-0.3, -0.25) is 0 Å². The van der Waals surface area contributed by atoms with Crippen molar-refractivity contribution in [3.8, 4) is 0 Å². The number of carboxylic acids is 1. The summed E-state index contributed by atoms with van der Waals surface area (Å²) in [5.74, 6) is -1.11. The molecule has 0 aromatic carbocycles. The second-order valence-corrected chi connectivity index (χ2v) is 3.36. The van der Waals surface area contributed by atoms with Crippen molar-refractivity contribution in [2.45, 2.75) is 12.5 Å². The number of amides is 2. The van der Waals surface area contributed by atoms with E-state index in [9.17, 15) is 9.59 Å². The molecule has 1 unspecified atom stereocenters. The number of carbonyl (C=O) groups excluding carboxylic acids is 1. The van der Waals surface area contributed by atoms with E-state index in [1.165, 1.54) is 12.5 Å². The van der Waals surface area contributed by atoms with Gasteiger partial charge < -0.3 is 26.5 Å². The number of hydrogen-bond donors (Lipinski definition) is 5. The van der Waals surface area contributed by atoms with Gasteiger partial charge in [-0.1, -0.05) is 0 Å². The summed E-state index contributed by atoms with van der Waals surface area (Å²) in [7, 11) is 0. The summed E-state index contributed by atoms with van der Waals surface area (Å²) < 4.78 is 0. The number of rotatable bonds is 6. The lowest BCUT2D eigenvalue weighted by Crippen LogP contribution is -2.48. The first-order chi connectivity index (χ1) is 8.13. The Hall–Kier alpha value is -2.09. The maximum absolute atomic E-state index is 11.3. The lowest BCUT2D eigenvalue weighted by Gasteiger charge is -2.14. The molecule has 0 bridgehead atoms. The maximum Gasteiger partial charge on any atom is 0.326 e. The second kappa shape index (κ2) is 6.48. The highest BCUT2D eigenvalue weighted by Crippen LogP contribution is 1.98. The molecule has 1 aromatic rings. The quantitative estimate of drug-likeness (QED) is 0.420. The van der Waals surface area contributed by atoms with Crippen LogP contribution in [0.4, 0.5) is 4.79 Å². The smallest absolute Gasteiger partial charge is 0.326 e. The zero-order valence-corrected chi connectivity index (χ0v) is 9.14. The van der Waals surface area contributed by atoms with Crippen molar-refractivity contribution < 1.29 is 14.7 Å². The Morgan fingerprint density at radius 2 is 2.35 bits per heavy atom. The first-order valence-electron chi connectivity index (χ1n) is 5.08. The number of H-pyrrole nitrogens is 1. The van der Waals surface area contributed by atoms with E-state index in [0.29, 0.717) is 18.8 Å². The zero-order valence-electron chi connectivity index (χ0n) is 9.14. The van der Waals surface area contributed by atoms with Crippen LogP contribution in [0, 0.1) is 0 Å². The van der Waals surface area contributed by atoms with Crippen molar-refractivity contribution in [2.24, 2.45) is 5.73 Å². The van der Waals surface area contributed by atoms with Crippen molar-refractivity contribution in [2.75, 3.05) is 13.1 Å². The third-order valence-corrected chi connectivity index (χ3v) is 2.01. The number of nitrogens with two attached hydrogens (primary N) is 1. The van der Waals surface area contributed by atoms with Crippen molar-refractivity contribution in [3.05, 3.63) is 18.2 Å². The molecule has 0 saturated heterocycles. The molecule has 0 spiro atoms. The first-order valence-corrected chi connectivity index (χ1v) is 5.08. The number of aromatic nitrogens is 2. The van der Waals surface area contributed by atoms with Crippen LogP contribution in [0.2, 0.25) is 0 Å². The summed E-state index contributed by atoms with van der Waals surface area (Å²) in [4.78, 5) is 28.8. The van der Waals surface area contributed by atoms with Crippen LogP contribution in [0.3, 0.4) is 0 Å². The van der Waals surface area contributed by atoms with Gasteiger partial charge in [-0.15, -0.1) is 0 Å². The molecule has 0 aliphatic carbocycles. The molecule has 0 aliphatic heterocycles. The minimum Gasteiger partial charge on any atom is -0.480 e. The molecule has 0 fully saturated rings. The molecular formula is C9H15N5O3. The largest absolute Gasteiger partial charge is 0.480 e. The van der Waals surface area contributed by atoms with Crippen LogP contribution >= 0.6 is 0 Å². The van der Waals surface area contributed by atoms with Gasteiger partial charge in [-0.25, -0.2) is 14.6 Å². The summed E-state index contributed by atoms with van der Waals surface area (Å²) in [6, 6.07) is -1.56. The average molecular weight is 241 g/mol. The molecule has 1 aromatic heterocycles. The van der Waals surface area contributed by atoms with Crippen LogP contribution in [0.15, 0.2) is 12.5 Å². The Labute approximate surface area is 97.6 Å². The Morgan fingerprint density at radius 1 is 1.59 bits per heavy atom. The normalized spacial score (nSPS) is 11.8. The van der Waals surface area contributed by atoms with E-state index in [0.717, 1.165) is 0 Å². The number of hydrogen-bond acceptors (Lipinski definition) is 4. The fraction of sp³-hybridized carbons (Fsp3) is 0.444. The van der Waals surface area contributed by atoms with Crippen molar-refractivity contribution in [1.29, 1.82) is 0 Å². The summed E-state index contributed by atoms with van der Waals surface area (Å²) in [5, 5.41) is 13.7. The maximum atomic E-state index is 11.3. The number of nitrogens with zero attached hydrogens (tertiary/aromatic N) is 1. The van der Waals surface area contributed by atoms with Gasteiger partial charge >= 0.3 is 12.0 Å². The van der Waals surface area contributed by atoms with Crippen molar-refractivity contribution in [1.82, 2.24) is 20.6 Å². The number of aromatic amines is 1. The molecule has 8 heteroatoms. The van der Waals surface area contributed by atoms with Gasteiger partial charge in [0, 0.05) is 31.4 Å². The molecule has 6 N–H and O–H groups in total. The molecule has 2 amide bonds. The van der Waals surface area contributed by atoms with Crippen LogP contribution in [-0.4, -0.2) is 46.2 Å². The van der Waals surface area contributed by atoms with Crippen LogP contribution in [0.5, 0.6) is 0 Å². The molecule has 94 valence electrons. The molecule has 8 nitrogen and oxygen atoms in total. The van der Waals surface area contributed by atoms with Crippen LogP contribution < -0.4 is 16.4 Å². The minimum atomic E-state index is -1.11. The fourth-order valence-electron chi connectivity index (χ4n) is 1.21. The number of nitrogens with one attached hydrogen (secondary N) is 3. The molecule has 0 radical (unpaired) electrons. The second-order valence-electron chi connectivity index (χ2n) is 3.36. The number of aliphatic carboxylic acids is 1.